The predicted molar refractivity (Wildman–Crippen MR) is 71.7 cm³/mol. The molecule has 0 aromatic carbocycles. The molecule has 98 valence electrons. The first-order valence-electron chi connectivity index (χ1n) is 6.24. The molecule has 1 heterocycles. The molecule has 3 heteroatoms. The molecule has 0 aliphatic rings. The van der Waals surface area contributed by atoms with Crippen molar-refractivity contribution in [3.8, 4) is 0 Å². The number of carbonyl (C=O) groups is 2. The fraction of sp³-hybridized carbons (Fsp3) is 0.533. The smallest absolute Gasteiger partial charge is 0.188 e. The van der Waals surface area contributed by atoms with Gasteiger partial charge in [-0.3, -0.25) is 14.6 Å². The zero-order valence-electron chi connectivity index (χ0n) is 11.8. The summed E-state index contributed by atoms with van der Waals surface area (Å²) in [6, 6.07) is 3.68. The van der Waals surface area contributed by atoms with E-state index in [1.54, 1.807) is 12.3 Å². The number of rotatable bonds is 4. The third kappa shape index (κ3) is 3.76. The molecule has 0 spiro atoms. The van der Waals surface area contributed by atoms with Crippen LogP contribution < -0.4 is 0 Å². The second-order valence-corrected chi connectivity index (χ2v) is 5.90. The summed E-state index contributed by atoms with van der Waals surface area (Å²) in [4.78, 5) is 27.9. The summed E-state index contributed by atoms with van der Waals surface area (Å²) in [5, 5.41) is 0. The van der Waals surface area contributed by atoms with Crippen LogP contribution in [-0.2, 0) is 4.79 Å². The molecule has 0 fully saturated rings. The van der Waals surface area contributed by atoms with Crippen LogP contribution in [0.2, 0.25) is 0 Å². The highest BCUT2D eigenvalue weighted by Crippen LogP contribution is 2.19. The minimum Gasteiger partial charge on any atom is -0.299 e. The van der Waals surface area contributed by atoms with Crippen molar-refractivity contribution < 1.29 is 9.59 Å². The molecule has 0 bridgehead atoms. The van der Waals surface area contributed by atoms with E-state index in [1.807, 2.05) is 26.8 Å². The van der Waals surface area contributed by atoms with Crippen LogP contribution in [-0.4, -0.2) is 16.6 Å². The third-order valence-corrected chi connectivity index (χ3v) is 2.89. The molecular weight excluding hydrogens is 226 g/mol. The number of pyridine rings is 1. The maximum Gasteiger partial charge on any atom is 0.188 e. The highest BCUT2D eigenvalue weighted by molar-refractivity contribution is 6.08. The van der Waals surface area contributed by atoms with Crippen LogP contribution in [0, 0.1) is 5.41 Å². The number of hydrogen-bond donors (Lipinski definition) is 0. The Bertz CT molecular complexity index is 456. The van der Waals surface area contributed by atoms with Gasteiger partial charge in [-0.15, -0.1) is 0 Å². The van der Waals surface area contributed by atoms with Crippen LogP contribution in [0.15, 0.2) is 18.3 Å². The topological polar surface area (TPSA) is 47.0 Å². The Labute approximate surface area is 109 Å². The van der Waals surface area contributed by atoms with Crippen molar-refractivity contribution in [2.24, 2.45) is 5.41 Å². The van der Waals surface area contributed by atoms with Gasteiger partial charge in [-0.25, -0.2) is 0 Å². The van der Waals surface area contributed by atoms with E-state index in [2.05, 4.69) is 18.8 Å². The first kappa shape index (κ1) is 14.6. The molecule has 0 unspecified atom stereocenters. The van der Waals surface area contributed by atoms with Crippen molar-refractivity contribution >= 4 is 11.6 Å². The van der Waals surface area contributed by atoms with E-state index < -0.39 is 5.41 Å². The number of aromatic nitrogens is 1. The average Bonchev–Trinajstić information content (AvgIpc) is 2.27. The van der Waals surface area contributed by atoms with Gasteiger partial charge in [-0.05, 0) is 23.6 Å². The van der Waals surface area contributed by atoms with Crippen molar-refractivity contribution in [1.82, 2.24) is 4.98 Å². The summed E-state index contributed by atoms with van der Waals surface area (Å²) in [7, 11) is 0. The van der Waals surface area contributed by atoms with Crippen molar-refractivity contribution in [2.45, 2.75) is 47.0 Å². The fourth-order valence-electron chi connectivity index (χ4n) is 1.46. The second kappa shape index (κ2) is 5.42. The Balaban J connectivity index is 2.85. The van der Waals surface area contributed by atoms with Crippen LogP contribution in [0.3, 0.4) is 0 Å². The van der Waals surface area contributed by atoms with Gasteiger partial charge in [0.15, 0.2) is 5.78 Å². The van der Waals surface area contributed by atoms with Gasteiger partial charge in [0.1, 0.15) is 11.5 Å². The van der Waals surface area contributed by atoms with Gasteiger partial charge < -0.3 is 0 Å². The van der Waals surface area contributed by atoms with E-state index in [0.717, 1.165) is 5.56 Å². The maximum atomic E-state index is 12.0. The molecule has 0 saturated carbocycles. The van der Waals surface area contributed by atoms with Gasteiger partial charge >= 0.3 is 0 Å². The number of hydrogen-bond acceptors (Lipinski definition) is 3. The highest BCUT2D eigenvalue weighted by Gasteiger charge is 2.24. The zero-order valence-corrected chi connectivity index (χ0v) is 11.8. The van der Waals surface area contributed by atoms with E-state index in [-0.39, 0.29) is 18.0 Å². The van der Waals surface area contributed by atoms with Crippen LogP contribution in [0.1, 0.15) is 63.0 Å². The molecule has 1 aromatic rings. The van der Waals surface area contributed by atoms with Gasteiger partial charge in [0.2, 0.25) is 0 Å². The largest absolute Gasteiger partial charge is 0.299 e. The van der Waals surface area contributed by atoms with Crippen molar-refractivity contribution in [3.63, 3.8) is 0 Å². The van der Waals surface area contributed by atoms with E-state index in [4.69, 9.17) is 0 Å². The van der Waals surface area contributed by atoms with Gasteiger partial charge in [0.05, 0.1) is 6.42 Å². The Morgan fingerprint density at radius 1 is 1.28 bits per heavy atom. The van der Waals surface area contributed by atoms with E-state index >= 15 is 0 Å². The Morgan fingerprint density at radius 3 is 2.39 bits per heavy atom. The maximum absolute atomic E-state index is 12.0. The minimum atomic E-state index is -0.481. The molecule has 0 amide bonds. The summed E-state index contributed by atoms with van der Waals surface area (Å²) in [6.45, 7) is 9.58. The lowest BCUT2D eigenvalue weighted by Gasteiger charge is -2.15. The summed E-state index contributed by atoms with van der Waals surface area (Å²) >= 11 is 0. The van der Waals surface area contributed by atoms with Crippen LogP contribution in [0.4, 0.5) is 0 Å². The van der Waals surface area contributed by atoms with Crippen LogP contribution in [0.5, 0.6) is 0 Å². The lowest BCUT2D eigenvalue weighted by atomic mass is 9.87. The van der Waals surface area contributed by atoms with E-state index in [1.165, 1.54) is 0 Å². The molecule has 18 heavy (non-hydrogen) atoms. The monoisotopic (exact) mass is 247 g/mol. The summed E-state index contributed by atoms with van der Waals surface area (Å²) < 4.78 is 0. The Morgan fingerprint density at radius 2 is 1.89 bits per heavy atom. The predicted octanol–water partition coefficient (Wildman–Crippen LogP) is 3.39. The summed E-state index contributed by atoms with van der Waals surface area (Å²) in [5.74, 6) is 0.0968. The van der Waals surface area contributed by atoms with Crippen molar-refractivity contribution in [1.29, 1.82) is 0 Å². The van der Waals surface area contributed by atoms with Gasteiger partial charge in [-0.2, -0.15) is 0 Å². The number of nitrogens with zero attached hydrogens (tertiary/aromatic N) is 1. The standard InChI is InChI=1S/C15H21NO2/c1-10(2)11-6-7-16-12(8-11)13(17)9-14(18)15(3,4)5/h6-8,10H,9H2,1-5H3. The van der Waals surface area contributed by atoms with Crippen molar-refractivity contribution in [3.05, 3.63) is 29.6 Å². The van der Waals surface area contributed by atoms with E-state index in [0.29, 0.717) is 11.6 Å². The van der Waals surface area contributed by atoms with Crippen LogP contribution >= 0.6 is 0 Å². The molecule has 0 atom stereocenters. The zero-order chi connectivity index (χ0) is 13.9. The number of Topliss-reactive ketones (excluding diaryl/α,β-unsaturated/α-hetero) is 2. The van der Waals surface area contributed by atoms with Gasteiger partial charge in [0, 0.05) is 11.6 Å². The lowest BCUT2D eigenvalue weighted by Crippen LogP contribution is -2.23. The fourth-order valence-corrected chi connectivity index (χ4v) is 1.46. The van der Waals surface area contributed by atoms with Gasteiger partial charge in [0.25, 0.3) is 0 Å². The number of ketones is 2. The highest BCUT2D eigenvalue weighted by atomic mass is 16.1. The quantitative estimate of drug-likeness (QED) is 0.605. The molecule has 0 saturated heterocycles. The Hall–Kier alpha value is -1.51. The minimum absolute atomic E-state index is 0.0516. The molecule has 0 aliphatic carbocycles. The molecule has 0 aliphatic heterocycles. The first-order valence-corrected chi connectivity index (χ1v) is 6.24. The third-order valence-electron chi connectivity index (χ3n) is 2.89. The summed E-state index contributed by atoms with van der Waals surface area (Å²) in [6.07, 6.45) is 1.56. The van der Waals surface area contributed by atoms with E-state index in [9.17, 15) is 9.59 Å². The lowest BCUT2D eigenvalue weighted by molar-refractivity contribution is -0.125. The molecule has 3 nitrogen and oxygen atoms in total. The SMILES string of the molecule is CC(C)c1ccnc(C(=O)CC(=O)C(C)(C)C)c1. The summed E-state index contributed by atoms with van der Waals surface area (Å²) in [5.41, 5.74) is 0.973. The molecule has 0 N–H and O–H groups in total. The average molecular weight is 247 g/mol. The van der Waals surface area contributed by atoms with Crippen LogP contribution in [0.25, 0.3) is 0 Å². The van der Waals surface area contributed by atoms with Crippen molar-refractivity contribution in [2.75, 3.05) is 0 Å². The first-order chi connectivity index (χ1) is 8.21. The second-order valence-electron chi connectivity index (χ2n) is 5.90. The van der Waals surface area contributed by atoms with Gasteiger partial charge in [-0.1, -0.05) is 34.6 Å². The molecule has 0 radical (unpaired) electrons. The molecular formula is C15H21NO2. The molecule has 1 rings (SSSR count). The number of carbonyl (C=O) groups excluding carboxylic acids is 2. The normalized spacial score (nSPS) is 11.7. The molecule has 1 aromatic heterocycles. The Kier molecular flexibility index (Phi) is 4.38.